The zero-order valence-corrected chi connectivity index (χ0v) is 19.2. The van der Waals surface area contributed by atoms with E-state index in [1.807, 2.05) is 56.3 Å². The quantitative estimate of drug-likeness (QED) is 0.302. The second kappa shape index (κ2) is 11.6. The molecule has 1 aliphatic heterocycles. The Morgan fingerprint density at radius 3 is 2.79 bits per heavy atom. The van der Waals surface area contributed by atoms with Crippen molar-refractivity contribution in [2.24, 2.45) is 4.99 Å². The highest BCUT2D eigenvalue weighted by Gasteiger charge is 2.24. The molecule has 1 atom stereocenters. The van der Waals surface area contributed by atoms with Crippen molar-refractivity contribution in [2.75, 3.05) is 25.0 Å². The molecule has 0 bridgehead atoms. The minimum atomic E-state index is 0. The Bertz CT molecular complexity index is 841. The molecule has 0 saturated heterocycles. The number of carbonyl (C=O) groups is 1. The van der Waals surface area contributed by atoms with Gasteiger partial charge in [0.05, 0.1) is 13.2 Å². The van der Waals surface area contributed by atoms with E-state index in [-0.39, 0.29) is 35.8 Å². The van der Waals surface area contributed by atoms with Crippen LogP contribution in [-0.2, 0) is 11.3 Å². The summed E-state index contributed by atoms with van der Waals surface area (Å²) in [4.78, 5) is 16.7. The average molecular weight is 508 g/mol. The SMILES string of the molecule is CCNC(=NCc1cccc(OCC)c1)NCC1CC(=O)Nc2ccccc21.I. The fraction of sp³-hybridized carbons (Fsp3) is 0.364. The monoisotopic (exact) mass is 508 g/mol. The normalized spacial score (nSPS) is 15.6. The summed E-state index contributed by atoms with van der Waals surface area (Å²) in [6, 6.07) is 16.0. The van der Waals surface area contributed by atoms with Crippen LogP contribution in [-0.4, -0.2) is 31.6 Å². The van der Waals surface area contributed by atoms with E-state index in [2.05, 4.69) is 27.0 Å². The Morgan fingerprint density at radius 1 is 1.17 bits per heavy atom. The minimum Gasteiger partial charge on any atom is -0.494 e. The molecule has 0 radical (unpaired) electrons. The second-order valence-corrected chi connectivity index (χ2v) is 6.69. The van der Waals surface area contributed by atoms with Gasteiger partial charge in [-0.25, -0.2) is 4.99 Å². The molecule has 1 unspecified atom stereocenters. The number of hydrogen-bond donors (Lipinski definition) is 3. The van der Waals surface area contributed by atoms with E-state index in [1.165, 1.54) is 0 Å². The predicted octanol–water partition coefficient (Wildman–Crippen LogP) is 3.88. The van der Waals surface area contributed by atoms with Gasteiger partial charge in [0.2, 0.25) is 5.91 Å². The molecule has 0 aliphatic carbocycles. The largest absolute Gasteiger partial charge is 0.494 e. The maximum absolute atomic E-state index is 12.0. The van der Waals surface area contributed by atoms with E-state index >= 15 is 0 Å². The number of hydrogen-bond acceptors (Lipinski definition) is 3. The molecule has 0 aromatic heterocycles. The predicted molar refractivity (Wildman–Crippen MR) is 128 cm³/mol. The molecular weight excluding hydrogens is 479 g/mol. The molecule has 29 heavy (non-hydrogen) atoms. The van der Waals surface area contributed by atoms with Crippen LogP contribution in [0.4, 0.5) is 5.69 Å². The molecule has 1 heterocycles. The van der Waals surface area contributed by atoms with E-state index in [9.17, 15) is 4.79 Å². The minimum absolute atomic E-state index is 0. The lowest BCUT2D eigenvalue weighted by atomic mass is 9.90. The van der Waals surface area contributed by atoms with E-state index < -0.39 is 0 Å². The topological polar surface area (TPSA) is 74.8 Å². The Kier molecular flexibility index (Phi) is 9.24. The molecule has 6 nitrogen and oxygen atoms in total. The first-order chi connectivity index (χ1) is 13.7. The summed E-state index contributed by atoms with van der Waals surface area (Å²) >= 11 is 0. The van der Waals surface area contributed by atoms with E-state index in [4.69, 9.17) is 4.74 Å². The zero-order chi connectivity index (χ0) is 19.8. The van der Waals surface area contributed by atoms with Gasteiger partial charge in [-0.1, -0.05) is 30.3 Å². The van der Waals surface area contributed by atoms with Gasteiger partial charge < -0.3 is 20.7 Å². The number of halogens is 1. The lowest BCUT2D eigenvalue weighted by Crippen LogP contribution is -2.40. The first kappa shape index (κ1) is 23.0. The van der Waals surface area contributed by atoms with Gasteiger partial charge in [-0.2, -0.15) is 0 Å². The molecule has 0 spiro atoms. The third kappa shape index (κ3) is 6.62. The summed E-state index contributed by atoms with van der Waals surface area (Å²) in [5, 5.41) is 9.60. The Labute approximate surface area is 189 Å². The first-order valence-electron chi connectivity index (χ1n) is 9.82. The fourth-order valence-electron chi connectivity index (χ4n) is 3.32. The number of amides is 1. The number of benzene rings is 2. The van der Waals surface area contributed by atoms with Gasteiger partial charge in [-0.15, -0.1) is 24.0 Å². The highest BCUT2D eigenvalue weighted by atomic mass is 127. The van der Waals surface area contributed by atoms with Crippen molar-refractivity contribution >= 4 is 41.5 Å². The summed E-state index contributed by atoms with van der Waals surface area (Å²) in [7, 11) is 0. The van der Waals surface area contributed by atoms with E-state index in [0.29, 0.717) is 26.1 Å². The molecule has 0 saturated carbocycles. The van der Waals surface area contributed by atoms with Crippen LogP contribution in [0.1, 0.15) is 37.3 Å². The number of rotatable bonds is 7. The third-order valence-corrected chi connectivity index (χ3v) is 4.60. The molecule has 156 valence electrons. The summed E-state index contributed by atoms with van der Waals surface area (Å²) in [6.07, 6.45) is 0.472. The second-order valence-electron chi connectivity index (χ2n) is 6.69. The number of carbonyl (C=O) groups excluding carboxylic acids is 1. The van der Waals surface area contributed by atoms with Crippen LogP contribution in [0.3, 0.4) is 0 Å². The standard InChI is InChI=1S/C22H28N4O2.HI/c1-3-23-22(24-14-16-8-7-9-18(12-16)28-4-2)25-15-17-13-21(27)26-20-11-6-5-10-19(17)20;/h5-12,17H,3-4,13-15H2,1-2H3,(H,26,27)(H2,23,24,25);1H. The van der Waals surface area contributed by atoms with Crippen LogP contribution >= 0.6 is 24.0 Å². The van der Waals surface area contributed by atoms with Crippen LogP contribution < -0.4 is 20.7 Å². The molecule has 1 aliphatic rings. The molecule has 3 rings (SSSR count). The summed E-state index contributed by atoms with van der Waals surface area (Å²) in [5.74, 6) is 1.78. The zero-order valence-electron chi connectivity index (χ0n) is 16.9. The number of aliphatic imine (C=N–C) groups is 1. The van der Waals surface area contributed by atoms with Crippen molar-refractivity contribution in [2.45, 2.75) is 32.7 Å². The summed E-state index contributed by atoms with van der Waals surface area (Å²) < 4.78 is 5.55. The van der Waals surface area contributed by atoms with Crippen LogP contribution in [0.5, 0.6) is 5.75 Å². The van der Waals surface area contributed by atoms with Gasteiger partial charge in [0.15, 0.2) is 5.96 Å². The average Bonchev–Trinajstić information content (AvgIpc) is 2.70. The van der Waals surface area contributed by atoms with E-state index in [1.54, 1.807) is 0 Å². The summed E-state index contributed by atoms with van der Waals surface area (Å²) in [5.41, 5.74) is 3.15. The van der Waals surface area contributed by atoms with Crippen molar-refractivity contribution in [1.82, 2.24) is 10.6 Å². The van der Waals surface area contributed by atoms with Crippen LogP contribution in [0.2, 0.25) is 0 Å². The molecule has 2 aromatic carbocycles. The Hall–Kier alpha value is -2.29. The lowest BCUT2D eigenvalue weighted by molar-refractivity contribution is -0.116. The van der Waals surface area contributed by atoms with Crippen molar-refractivity contribution < 1.29 is 9.53 Å². The Balaban J connectivity index is 0.00000300. The number of ether oxygens (including phenoxy) is 1. The highest BCUT2D eigenvalue weighted by molar-refractivity contribution is 14.0. The van der Waals surface area contributed by atoms with Crippen molar-refractivity contribution in [3.05, 3.63) is 59.7 Å². The first-order valence-corrected chi connectivity index (χ1v) is 9.82. The number of nitrogens with one attached hydrogen (secondary N) is 3. The van der Waals surface area contributed by atoms with Gasteiger partial charge in [-0.05, 0) is 43.2 Å². The number of guanidine groups is 1. The van der Waals surface area contributed by atoms with Crippen LogP contribution in [0.15, 0.2) is 53.5 Å². The molecule has 7 heteroatoms. The number of para-hydroxylation sites is 1. The third-order valence-electron chi connectivity index (χ3n) is 4.60. The molecule has 1 amide bonds. The molecule has 3 N–H and O–H groups in total. The van der Waals surface area contributed by atoms with E-state index in [0.717, 1.165) is 35.1 Å². The van der Waals surface area contributed by atoms with Gasteiger partial charge >= 0.3 is 0 Å². The molecule has 2 aromatic rings. The number of anilines is 1. The lowest BCUT2D eigenvalue weighted by Gasteiger charge is -2.26. The van der Waals surface area contributed by atoms with Gasteiger partial charge in [0, 0.05) is 31.1 Å². The van der Waals surface area contributed by atoms with Gasteiger partial charge in [-0.3, -0.25) is 4.79 Å². The molecule has 0 fully saturated rings. The van der Waals surface area contributed by atoms with Crippen molar-refractivity contribution in [3.63, 3.8) is 0 Å². The van der Waals surface area contributed by atoms with Gasteiger partial charge in [0.25, 0.3) is 0 Å². The number of nitrogens with zero attached hydrogens (tertiary/aromatic N) is 1. The number of fused-ring (bicyclic) bond motifs is 1. The maximum Gasteiger partial charge on any atom is 0.225 e. The maximum atomic E-state index is 12.0. The van der Waals surface area contributed by atoms with Crippen LogP contribution in [0, 0.1) is 0 Å². The Morgan fingerprint density at radius 2 is 2.00 bits per heavy atom. The van der Waals surface area contributed by atoms with Crippen molar-refractivity contribution in [3.8, 4) is 5.75 Å². The summed E-state index contributed by atoms with van der Waals surface area (Å²) in [6.45, 7) is 6.63. The highest BCUT2D eigenvalue weighted by Crippen LogP contribution is 2.31. The van der Waals surface area contributed by atoms with Crippen molar-refractivity contribution in [1.29, 1.82) is 0 Å². The smallest absolute Gasteiger partial charge is 0.225 e. The molecular formula is C22H29IN4O2. The fourth-order valence-corrected chi connectivity index (χ4v) is 3.32. The van der Waals surface area contributed by atoms with Gasteiger partial charge in [0.1, 0.15) is 5.75 Å². The van der Waals surface area contributed by atoms with Crippen LogP contribution in [0.25, 0.3) is 0 Å².